The van der Waals surface area contributed by atoms with E-state index >= 15 is 0 Å². The molecule has 2 aromatic carbocycles. The van der Waals surface area contributed by atoms with Crippen molar-refractivity contribution in [3.05, 3.63) is 65.5 Å². The van der Waals surface area contributed by atoms with Gasteiger partial charge in [0.25, 0.3) is 5.91 Å². The van der Waals surface area contributed by atoms with E-state index in [1.165, 1.54) is 49.5 Å². The molecule has 8 heteroatoms. The Balaban J connectivity index is 1.73. The van der Waals surface area contributed by atoms with E-state index in [0.717, 1.165) is 4.31 Å². The van der Waals surface area contributed by atoms with Crippen molar-refractivity contribution in [3.63, 3.8) is 0 Å². The van der Waals surface area contributed by atoms with Crippen molar-refractivity contribution >= 4 is 15.9 Å². The van der Waals surface area contributed by atoms with Gasteiger partial charge in [0.2, 0.25) is 10.0 Å². The molecule has 1 aliphatic heterocycles. The maximum atomic E-state index is 13.3. The van der Waals surface area contributed by atoms with Gasteiger partial charge in [0.15, 0.2) is 0 Å². The van der Waals surface area contributed by atoms with E-state index in [1.54, 1.807) is 11.0 Å². The molecule has 6 nitrogen and oxygen atoms in total. The second-order valence-corrected chi connectivity index (χ2v) is 8.36. The molecule has 0 radical (unpaired) electrons. The second kappa shape index (κ2) is 8.16. The number of hydrogen-bond acceptors (Lipinski definition) is 4. The molecule has 1 fully saturated rings. The summed E-state index contributed by atoms with van der Waals surface area (Å²) in [7, 11) is -2.31. The van der Waals surface area contributed by atoms with Crippen molar-refractivity contribution < 1.29 is 22.3 Å². The fourth-order valence-electron chi connectivity index (χ4n) is 2.88. The SMILES string of the molecule is CN(Cc1cccc(F)c1)S(=O)(=O)c1ccc(C(=O)N2CCOCC2)cc1. The molecule has 0 unspecified atom stereocenters. The van der Waals surface area contributed by atoms with Crippen molar-refractivity contribution in [1.82, 2.24) is 9.21 Å². The highest BCUT2D eigenvalue weighted by Gasteiger charge is 2.23. The molecule has 144 valence electrons. The van der Waals surface area contributed by atoms with Gasteiger partial charge in [-0.1, -0.05) is 12.1 Å². The summed E-state index contributed by atoms with van der Waals surface area (Å²) in [6.45, 7) is 2.10. The monoisotopic (exact) mass is 392 g/mol. The molecule has 2 aromatic rings. The van der Waals surface area contributed by atoms with E-state index < -0.39 is 15.8 Å². The minimum Gasteiger partial charge on any atom is -0.378 e. The van der Waals surface area contributed by atoms with Crippen LogP contribution in [0.5, 0.6) is 0 Å². The van der Waals surface area contributed by atoms with E-state index in [-0.39, 0.29) is 17.3 Å². The van der Waals surface area contributed by atoms with Crippen LogP contribution >= 0.6 is 0 Å². The first-order valence-corrected chi connectivity index (χ1v) is 10.00. The fourth-order valence-corrected chi connectivity index (χ4v) is 4.03. The smallest absolute Gasteiger partial charge is 0.254 e. The quantitative estimate of drug-likeness (QED) is 0.782. The summed E-state index contributed by atoms with van der Waals surface area (Å²) in [4.78, 5) is 14.2. The number of carbonyl (C=O) groups is 1. The van der Waals surface area contributed by atoms with E-state index in [0.29, 0.717) is 37.4 Å². The third-order valence-corrected chi connectivity index (χ3v) is 6.22. The van der Waals surface area contributed by atoms with Crippen LogP contribution in [-0.2, 0) is 21.3 Å². The van der Waals surface area contributed by atoms with Crippen molar-refractivity contribution in [2.24, 2.45) is 0 Å². The van der Waals surface area contributed by atoms with Crippen molar-refractivity contribution in [2.45, 2.75) is 11.4 Å². The maximum Gasteiger partial charge on any atom is 0.254 e. The summed E-state index contributed by atoms with van der Waals surface area (Å²) in [5.74, 6) is -0.556. The van der Waals surface area contributed by atoms with Crippen LogP contribution in [0.15, 0.2) is 53.4 Å². The Morgan fingerprint density at radius 2 is 1.81 bits per heavy atom. The number of amides is 1. The number of hydrogen-bond donors (Lipinski definition) is 0. The lowest BCUT2D eigenvalue weighted by molar-refractivity contribution is 0.0303. The molecule has 0 bridgehead atoms. The summed E-state index contributed by atoms with van der Waals surface area (Å²) in [6, 6.07) is 11.7. The van der Waals surface area contributed by atoms with Gasteiger partial charge in [0, 0.05) is 32.2 Å². The molecule has 1 aliphatic rings. The topological polar surface area (TPSA) is 66.9 Å². The molecular formula is C19H21FN2O4S. The van der Waals surface area contributed by atoms with E-state index in [1.807, 2.05) is 0 Å². The molecule has 27 heavy (non-hydrogen) atoms. The highest BCUT2D eigenvalue weighted by atomic mass is 32.2. The molecule has 0 aromatic heterocycles. The van der Waals surface area contributed by atoms with Gasteiger partial charge < -0.3 is 9.64 Å². The molecule has 0 spiro atoms. The van der Waals surface area contributed by atoms with Gasteiger partial charge in [-0.15, -0.1) is 0 Å². The largest absolute Gasteiger partial charge is 0.378 e. The zero-order valence-corrected chi connectivity index (χ0v) is 15.8. The molecule has 0 aliphatic carbocycles. The standard InChI is InChI=1S/C19H21FN2O4S/c1-21(14-15-3-2-4-17(20)13-15)27(24,25)18-7-5-16(6-8-18)19(23)22-9-11-26-12-10-22/h2-8,13H,9-12,14H2,1H3. The van der Waals surface area contributed by atoms with Crippen LogP contribution in [-0.4, -0.2) is 56.9 Å². The number of rotatable bonds is 5. The van der Waals surface area contributed by atoms with Crippen LogP contribution in [0.1, 0.15) is 15.9 Å². The number of carbonyl (C=O) groups excluding carboxylic acids is 1. The van der Waals surface area contributed by atoms with Crippen molar-refractivity contribution in [2.75, 3.05) is 33.4 Å². The summed E-state index contributed by atoms with van der Waals surface area (Å²) in [5, 5.41) is 0. The Kier molecular flexibility index (Phi) is 5.88. The molecule has 0 N–H and O–H groups in total. The lowest BCUT2D eigenvalue weighted by Gasteiger charge is -2.27. The first-order chi connectivity index (χ1) is 12.9. The van der Waals surface area contributed by atoms with Crippen molar-refractivity contribution in [1.29, 1.82) is 0 Å². The normalized spacial score (nSPS) is 15.1. The van der Waals surface area contributed by atoms with E-state index in [9.17, 15) is 17.6 Å². The molecule has 3 rings (SSSR count). The summed E-state index contributed by atoms with van der Waals surface area (Å²) < 4.78 is 45.1. The zero-order valence-electron chi connectivity index (χ0n) is 15.0. The molecule has 1 heterocycles. The van der Waals surface area contributed by atoms with Crippen LogP contribution in [0.4, 0.5) is 4.39 Å². The van der Waals surface area contributed by atoms with Gasteiger partial charge >= 0.3 is 0 Å². The van der Waals surface area contributed by atoms with E-state index in [2.05, 4.69) is 0 Å². The van der Waals surface area contributed by atoms with Crippen molar-refractivity contribution in [3.8, 4) is 0 Å². The summed E-state index contributed by atoms with van der Waals surface area (Å²) in [5.41, 5.74) is 0.990. The first-order valence-electron chi connectivity index (χ1n) is 8.56. The predicted molar refractivity (Wildman–Crippen MR) is 98.2 cm³/mol. The van der Waals surface area contributed by atoms with Crippen LogP contribution in [0, 0.1) is 5.82 Å². The number of ether oxygens (including phenoxy) is 1. The van der Waals surface area contributed by atoms with Gasteiger partial charge in [-0.25, -0.2) is 12.8 Å². The van der Waals surface area contributed by atoms with Gasteiger partial charge in [-0.3, -0.25) is 4.79 Å². The number of halogens is 1. The van der Waals surface area contributed by atoms with Crippen LogP contribution in [0.3, 0.4) is 0 Å². The molecule has 1 amide bonds. The Bertz CT molecular complexity index is 910. The maximum absolute atomic E-state index is 13.3. The molecule has 0 atom stereocenters. The average Bonchev–Trinajstić information content (AvgIpc) is 2.68. The predicted octanol–water partition coefficient (Wildman–Crippen LogP) is 2.12. The van der Waals surface area contributed by atoms with Gasteiger partial charge in [-0.05, 0) is 42.0 Å². The minimum absolute atomic E-state index is 0.0502. The Labute approximate surface area is 158 Å². The molecule has 1 saturated heterocycles. The highest BCUT2D eigenvalue weighted by molar-refractivity contribution is 7.89. The molecule has 0 saturated carbocycles. The third-order valence-electron chi connectivity index (χ3n) is 4.40. The number of benzene rings is 2. The van der Waals surface area contributed by atoms with Gasteiger partial charge in [0.05, 0.1) is 18.1 Å². The Morgan fingerprint density at radius 3 is 2.44 bits per heavy atom. The number of morpholine rings is 1. The fraction of sp³-hybridized carbons (Fsp3) is 0.316. The average molecular weight is 392 g/mol. The van der Waals surface area contributed by atoms with Crippen LogP contribution in [0.2, 0.25) is 0 Å². The summed E-state index contributed by atoms with van der Waals surface area (Å²) in [6.07, 6.45) is 0. The summed E-state index contributed by atoms with van der Waals surface area (Å²) >= 11 is 0. The lowest BCUT2D eigenvalue weighted by atomic mass is 10.2. The van der Waals surface area contributed by atoms with Crippen LogP contribution < -0.4 is 0 Å². The third kappa shape index (κ3) is 4.52. The van der Waals surface area contributed by atoms with Gasteiger partial charge in [-0.2, -0.15) is 4.31 Å². The second-order valence-electron chi connectivity index (χ2n) is 6.32. The number of sulfonamides is 1. The van der Waals surface area contributed by atoms with Gasteiger partial charge in [0.1, 0.15) is 5.82 Å². The lowest BCUT2D eigenvalue weighted by Crippen LogP contribution is -2.40. The highest BCUT2D eigenvalue weighted by Crippen LogP contribution is 2.19. The Morgan fingerprint density at radius 1 is 1.15 bits per heavy atom. The van der Waals surface area contributed by atoms with Crippen LogP contribution in [0.25, 0.3) is 0 Å². The number of nitrogens with zero attached hydrogens (tertiary/aromatic N) is 2. The minimum atomic E-state index is -3.75. The van der Waals surface area contributed by atoms with E-state index in [4.69, 9.17) is 4.74 Å². The molecular weight excluding hydrogens is 371 g/mol. The Hall–Kier alpha value is -2.29. The zero-order chi connectivity index (χ0) is 19.4. The first kappa shape index (κ1) is 19.5.